The molecule has 1 rings (SSSR count). The van der Waals surface area contributed by atoms with Crippen molar-refractivity contribution in [1.29, 1.82) is 0 Å². The van der Waals surface area contributed by atoms with Gasteiger partial charge in [0.1, 0.15) is 0 Å². The molecule has 0 spiro atoms. The SMILES string of the molecule is CCCC(CS)(CCC)CSc1ccc(Cl)cn1. The summed E-state index contributed by atoms with van der Waals surface area (Å²) in [6.45, 7) is 4.50. The number of rotatable bonds is 8. The van der Waals surface area contributed by atoms with E-state index in [2.05, 4.69) is 31.5 Å². The second kappa shape index (κ2) is 8.34. The molecule has 0 fully saturated rings. The van der Waals surface area contributed by atoms with Crippen molar-refractivity contribution in [2.75, 3.05) is 11.5 Å². The van der Waals surface area contributed by atoms with Gasteiger partial charge in [-0.15, -0.1) is 11.8 Å². The molecule has 0 saturated carbocycles. The number of halogens is 1. The molecule has 0 amide bonds. The number of hydrogen-bond donors (Lipinski definition) is 1. The molecule has 0 bridgehead atoms. The molecule has 1 aromatic heterocycles. The highest BCUT2D eigenvalue weighted by atomic mass is 35.5. The highest BCUT2D eigenvalue weighted by molar-refractivity contribution is 7.99. The topological polar surface area (TPSA) is 12.9 Å². The molecule has 0 radical (unpaired) electrons. The number of nitrogens with zero attached hydrogens (tertiary/aromatic N) is 1. The van der Waals surface area contributed by atoms with Crippen LogP contribution in [0.25, 0.3) is 0 Å². The molecule has 4 heteroatoms. The lowest BCUT2D eigenvalue weighted by Crippen LogP contribution is -2.26. The van der Waals surface area contributed by atoms with Crippen LogP contribution in [-0.4, -0.2) is 16.5 Å². The molecule has 18 heavy (non-hydrogen) atoms. The lowest BCUT2D eigenvalue weighted by atomic mass is 9.83. The maximum atomic E-state index is 5.84. The third-order valence-electron chi connectivity index (χ3n) is 3.12. The van der Waals surface area contributed by atoms with Gasteiger partial charge in [0.25, 0.3) is 0 Å². The summed E-state index contributed by atoms with van der Waals surface area (Å²) < 4.78 is 0. The predicted octanol–water partition coefficient (Wildman–Crippen LogP) is 5.34. The number of hydrogen-bond acceptors (Lipinski definition) is 3. The van der Waals surface area contributed by atoms with E-state index in [1.807, 2.05) is 23.9 Å². The van der Waals surface area contributed by atoms with E-state index in [4.69, 9.17) is 11.6 Å². The summed E-state index contributed by atoms with van der Waals surface area (Å²) in [5.41, 5.74) is 0.346. The molecule has 0 aliphatic carbocycles. The zero-order valence-electron chi connectivity index (χ0n) is 11.2. The number of thiol groups is 1. The van der Waals surface area contributed by atoms with Crippen LogP contribution in [0.3, 0.4) is 0 Å². The van der Waals surface area contributed by atoms with Gasteiger partial charge in [-0.2, -0.15) is 12.6 Å². The minimum Gasteiger partial charge on any atom is -0.248 e. The fourth-order valence-electron chi connectivity index (χ4n) is 2.21. The summed E-state index contributed by atoms with van der Waals surface area (Å²) in [6.07, 6.45) is 6.63. The summed E-state index contributed by atoms with van der Waals surface area (Å²) in [4.78, 5) is 4.34. The van der Waals surface area contributed by atoms with Crippen molar-refractivity contribution >= 4 is 36.0 Å². The van der Waals surface area contributed by atoms with E-state index in [0.717, 1.165) is 16.5 Å². The van der Waals surface area contributed by atoms with Crippen LogP contribution >= 0.6 is 36.0 Å². The molecule has 0 N–H and O–H groups in total. The minimum absolute atomic E-state index is 0.346. The average Bonchev–Trinajstić information content (AvgIpc) is 2.38. The summed E-state index contributed by atoms with van der Waals surface area (Å²) in [5, 5.41) is 1.75. The summed E-state index contributed by atoms with van der Waals surface area (Å²) in [6, 6.07) is 3.90. The Morgan fingerprint density at radius 1 is 1.28 bits per heavy atom. The zero-order chi connectivity index (χ0) is 13.4. The predicted molar refractivity (Wildman–Crippen MR) is 86.1 cm³/mol. The van der Waals surface area contributed by atoms with Crippen LogP contribution < -0.4 is 0 Å². The zero-order valence-corrected chi connectivity index (χ0v) is 13.6. The first-order valence-corrected chi connectivity index (χ1v) is 8.50. The van der Waals surface area contributed by atoms with Gasteiger partial charge in [-0.05, 0) is 36.1 Å². The second-order valence-electron chi connectivity index (χ2n) is 4.76. The fraction of sp³-hybridized carbons (Fsp3) is 0.643. The fourth-order valence-corrected chi connectivity index (χ4v) is 4.04. The largest absolute Gasteiger partial charge is 0.248 e. The van der Waals surface area contributed by atoms with Crippen LogP contribution in [0.4, 0.5) is 0 Å². The van der Waals surface area contributed by atoms with Crippen LogP contribution in [0, 0.1) is 5.41 Å². The van der Waals surface area contributed by atoms with E-state index in [1.165, 1.54) is 25.7 Å². The first-order valence-electron chi connectivity index (χ1n) is 6.51. The lowest BCUT2D eigenvalue weighted by Gasteiger charge is -2.31. The quantitative estimate of drug-likeness (QED) is 0.514. The molecule has 0 aliphatic heterocycles. The summed E-state index contributed by atoms with van der Waals surface area (Å²) >= 11 is 12.2. The van der Waals surface area contributed by atoms with Crippen molar-refractivity contribution in [2.24, 2.45) is 5.41 Å². The normalized spacial score (nSPS) is 11.8. The molecule has 1 nitrogen and oxygen atoms in total. The Kier molecular flexibility index (Phi) is 7.50. The van der Waals surface area contributed by atoms with Crippen molar-refractivity contribution < 1.29 is 0 Å². The molecule has 0 unspecified atom stereocenters. The second-order valence-corrected chi connectivity index (χ2v) is 6.51. The van der Waals surface area contributed by atoms with Crippen LogP contribution in [0.1, 0.15) is 39.5 Å². The summed E-state index contributed by atoms with van der Waals surface area (Å²) in [7, 11) is 0. The number of pyridine rings is 1. The molecular weight excluding hydrogens is 282 g/mol. The third kappa shape index (κ3) is 5.02. The number of thioether (sulfide) groups is 1. The Labute approximate surface area is 126 Å². The molecule has 102 valence electrons. The van der Waals surface area contributed by atoms with Gasteiger partial charge in [0.15, 0.2) is 0 Å². The Hall–Kier alpha value is 0.140. The van der Waals surface area contributed by atoms with Gasteiger partial charge in [0.05, 0.1) is 10.0 Å². The smallest absolute Gasteiger partial charge is 0.0961 e. The minimum atomic E-state index is 0.346. The van der Waals surface area contributed by atoms with Crippen LogP contribution in [0.2, 0.25) is 5.02 Å². The van der Waals surface area contributed by atoms with E-state index in [0.29, 0.717) is 10.4 Å². The maximum Gasteiger partial charge on any atom is 0.0961 e. The van der Waals surface area contributed by atoms with Gasteiger partial charge >= 0.3 is 0 Å². The average molecular weight is 304 g/mol. The van der Waals surface area contributed by atoms with E-state index in [1.54, 1.807) is 6.20 Å². The first kappa shape index (κ1) is 16.2. The molecule has 0 aromatic carbocycles. The molecule has 0 aliphatic rings. The van der Waals surface area contributed by atoms with Gasteiger partial charge in [-0.1, -0.05) is 38.3 Å². The van der Waals surface area contributed by atoms with E-state index in [9.17, 15) is 0 Å². The lowest BCUT2D eigenvalue weighted by molar-refractivity contribution is 0.318. The third-order valence-corrected chi connectivity index (χ3v) is 5.31. The highest BCUT2D eigenvalue weighted by Crippen LogP contribution is 2.36. The van der Waals surface area contributed by atoms with E-state index in [-0.39, 0.29) is 0 Å². The van der Waals surface area contributed by atoms with Crippen LogP contribution in [-0.2, 0) is 0 Å². The Balaban J connectivity index is 2.63. The monoisotopic (exact) mass is 303 g/mol. The molecular formula is C14H22ClNS2. The molecule has 1 aromatic rings. The van der Waals surface area contributed by atoms with Gasteiger partial charge in [-0.3, -0.25) is 0 Å². The van der Waals surface area contributed by atoms with Crippen molar-refractivity contribution in [3.05, 3.63) is 23.4 Å². The van der Waals surface area contributed by atoms with Gasteiger partial charge in [-0.25, -0.2) is 4.98 Å². The first-order chi connectivity index (χ1) is 8.65. The van der Waals surface area contributed by atoms with Crippen molar-refractivity contribution in [1.82, 2.24) is 4.98 Å². The molecule has 0 atom stereocenters. The molecule has 1 heterocycles. The van der Waals surface area contributed by atoms with Crippen molar-refractivity contribution in [3.63, 3.8) is 0 Å². The standard InChI is InChI=1S/C14H22ClNS2/c1-3-7-14(10-17,8-4-2)11-18-13-6-5-12(15)9-16-13/h5-6,9,17H,3-4,7-8,10-11H2,1-2H3. The van der Waals surface area contributed by atoms with Crippen LogP contribution in [0.5, 0.6) is 0 Å². The maximum absolute atomic E-state index is 5.84. The van der Waals surface area contributed by atoms with Gasteiger partial charge in [0.2, 0.25) is 0 Å². The Bertz CT molecular complexity index is 334. The Morgan fingerprint density at radius 2 is 1.94 bits per heavy atom. The van der Waals surface area contributed by atoms with Crippen LogP contribution in [0.15, 0.2) is 23.4 Å². The van der Waals surface area contributed by atoms with Crippen molar-refractivity contribution in [2.45, 2.75) is 44.6 Å². The Morgan fingerprint density at radius 3 is 2.39 bits per heavy atom. The van der Waals surface area contributed by atoms with Crippen molar-refractivity contribution in [3.8, 4) is 0 Å². The van der Waals surface area contributed by atoms with E-state index < -0.39 is 0 Å². The van der Waals surface area contributed by atoms with Gasteiger partial charge < -0.3 is 0 Å². The van der Waals surface area contributed by atoms with Gasteiger partial charge in [0, 0.05) is 11.9 Å². The molecule has 0 saturated heterocycles. The summed E-state index contributed by atoms with van der Waals surface area (Å²) in [5.74, 6) is 2.04. The van der Waals surface area contributed by atoms with E-state index >= 15 is 0 Å². The number of aromatic nitrogens is 1. The highest BCUT2D eigenvalue weighted by Gasteiger charge is 2.27.